The molecule has 0 amide bonds. The van der Waals surface area contributed by atoms with Crippen LogP contribution in [-0.2, 0) is 6.42 Å². The first kappa shape index (κ1) is 17.7. The van der Waals surface area contributed by atoms with Crippen LogP contribution < -0.4 is 5.32 Å². The number of rotatable bonds is 5. The van der Waals surface area contributed by atoms with E-state index in [1.165, 1.54) is 28.5 Å². The van der Waals surface area contributed by atoms with Gasteiger partial charge in [0.2, 0.25) is 0 Å². The van der Waals surface area contributed by atoms with E-state index in [-0.39, 0.29) is 0 Å². The number of hydrogen-bond acceptors (Lipinski definition) is 1. The molecule has 0 spiro atoms. The van der Waals surface area contributed by atoms with E-state index in [0.29, 0.717) is 5.92 Å². The van der Waals surface area contributed by atoms with Crippen molar-refractivity contribution in [3.05, 3.63) is 71.9 Å². The van der Waals surface area contributed by atoms with Crippen molar-refractivity contribution in [2.24, 2.45) is 4.99 Å². The second-order valence-electron chi connectivity index (χ2n) is 7.28. The topological polar surface area (TPSA) is 43.4 Å². The first-order valence-electron chi connectivity index (χ1n) is 9.90. The third kappa shape index (κ3) is 4.00. The lowest BCUT2D eigenvalue weighted by Gasteiger charge is -2.21. The molecule has 0 radical (unpaired) electrons. The fourth-order valence-electron chi connectivity index (χ4n) is 4.10. The molecule has 0 saturated carbocycles. The van der Waals surface area contributed by atoms with E-state index < -0.39 is 0 Å². The third-order valence-electron chi connectivity index (χ3n) is 5.55. The van der Waals surface area contributed by atoms with E-state index in [9.17, 15) is 0 Å². The summed E-state index contributed by atoms with van der Waals surface area (Å²) in [5, 5.41) is 4.90. The molecule has 140 valence electrons. The van der Waals surface area contributed by atoms with Gasteiger partial charge in [0.15, 0.2) is 5.96 Å². The number of benzene rings is 2. The number of nitrogens with one attached hydrogen (secondary N) is 2. The smallest absolute Gasteiger partial charge is 0.193 e. The molecule has 2 aromatic carbocycles. The van der Waals surface area contributed by atoms with Crippen molar-refractivity contribution in [2.45, 2.75) is 25.2 Å². The summed E-state index contributed by atoms with van der Waals surface area (Å²) in [6.45, 7) is 3.06. The van der Waals surface area contributed by atoms with Crippen LogP contribution in [0.1, 0.15) is 29.9 Å². The molecule has 3 aromatic rings. The van der Waals surface area contributed by atoms with Crippen molar-refractivity contribution in [3.63, 3.8) is 0 Å². The van der Waals surface area contributed by atoms with Crippen LogP contribution in [0.15, 0.2) is 65.8 Å². The zero-order valence-electron chi connectivity index (χ0n) is 16.0. The lowest BCUT2D eigenvalue weighted by molar-refractivity contribution is 0.485. The molecule has 1 unspecified atom stereocenters. The molecule has 1 fully saturated rings. The number of aryl methyl sites for hydroxylation is 1. The van der Waals surface area contributed by atoms with Crippen molar-refractivity contribution in [1.29, 1.82) is 0 Å². The lowest BCUT2D eigenvalue weighted by Crippen LogP contribution is -2.40. The summed E-state index contributed by atoms with van der Waals surface area (Å²) in [5.74, 6) is 1.64. The predicted octanol–water partition coefficient (Wildman–Crippen LogP) is 4.17. The van der Waals surface area contributed by atoms with Gasteiger partial charge in [-0.15, -0.1) is 0 Å². The molecule has 1 saturated heterocycles. The van der Waals surface area contributed by atoms with Crippen LogP contribution in [0, 0.1) is 0 Å². The summed E-state index contributed by atoms with van der Waals surface area (Å²) >= 11 is 0. The molecule has 4 nitrogen and oxygen atoms in total. The van der Waals surface area contributed by atoms with Crippen molar-refractivity contribution in [3.8, 4) is 0 Å². The van der Waals surface area contributed by atoms with Gasteiger partial charge < -0.3 is 15.2 Å². The number of likely N-dealkylation sites (tertiary alicyclic amines) is 1. The van der Waals surface area contributed by atoms with Crippen LogP contribution in [0.2, 0.25) is 0 Å². The van der Waals surface area contributed by atoms with Crippen molar-refractivity contribution < 1.29 is 0 Å². The van der Waals surface area contributed by atoms with Gasteiger partial charge in [0.1, 0.15) is 0 Å². The maximum atomic E-state index is 4.51. The number of H-pyrrole nitrogens is 1. The zero-order valence-corrected chi connectivity index (χ0v) is 16.0. The number of nitrogens with zero attached hydrogens (tertiary/aromatic N) is 2. The van der Waals surface area contributed by atoms with Crippen LogP contribution in [-0.4, -0.2) is 42.5 Å². The average Bonchev–Trinajstić information content (AvgIpc) is 3.36. The SMILES string of the molecule is CN=C(NCCCc1c[nH]c2ccccc12)N1CCC(c2ccccc2)C1. The molecular weight excluding hydrogens is 332 g/mol. The summed E-state index contributed by atoms with van der Waals surface area (Å²) in [6.07, 6.45) is 5.50. The summed E-state index contributed by atoms with van der Waals surface area (Å²) in [4.78, 5) is 10.3. The molecule has 1 aromatic heterocycles. The molecule has 0 bridgehead atoms. The molecular formula is C23H28N4. The number of para-hydroxylation sites is 1. The van der Waals surface area contributed by atoms with Gasteiger partial charge >= 0.3 is 0 Å². The monoisotopic (exact) mass is 360 g/mol. The Kier molecular flexibility index (Phi) is 5.42. The molecule has 1 aliphatic rings. The largest absolute Gasteiger partial charge is 0.361 e. The molecule has 1 atom stereocenters. The highest BCUT2D eigenvalue weighted by molar-refractivity contribution is 5.83. The van der Waals surface area contributed by atoms with Gasteiger partial charge in [0.05, 0.1) is 0 Å². The molecule has 2 N–H and O–H groups in total. The standard InChI is InChI=1S/C23H28N4/c1-24-23(27-15-13-20(17-27)18-8-3-2-4-9-18)25-14-7-10-19-16-26-22-12-6-5-11-21(19)22/h2-6,8-9,11-12,16,20,26H,7,10,13-15,17H2,1H3,(H,24,25). The van der Waals surface area contributed by atoms with Gasteiger partial charge in [-0.2, -0.15) is 0 Å². The Balaban J connectivity index is 1.27. The minimum Gasteiger partial charge on any atom is -0.361 e. The molecule has 27 heavy (non-hydrogen) atoms. The second-order valence-corrected chi connectivity index (χ2v) is 7.28. The first-order chi connectivity index (χ1) is 13.3. The number of hydrogen-bond donors (Lipinski definition) is 2. The minimum atomic E-state index is 0.607. The van der Waals surface area contributed by atoms with Crippen molar-refractivity contribution in [2.75, 3.05) is 26.7 Å². The number of aliphatic imine (C=N–C) groups is 1. The second kappa shape index (κ2) is 8.30. The number of aromatic nitrogens is 1. The minimum absolute atomic E-state index is 0.607. The maximum Gasteiger partial charge on any atom is 0.193 e. The molecule has 4 heteroatoms. The summed E-state index contributed by atoms with van der Waals surface area (Å²) in [5.41, 5.74) is 4.06. The summed E-state index contributed by atoms with van der Waals surface area (Å²) in [6, 6.07) is 19.4. The Hall–Kier alpha value is -2.75. The van der Waals surface area contributed by atoms with E-state index in [0.717, 1.165) is 38.4 Å². The average molecular weight is 361 g/mol. The van der Waals surface area contributed by atoms with E-state index in [4.69, 9.17) is 0 Å². The lowest BCUT2D eigenvalue weighted by atomic mass is 9.99. The number of aromatic amines is 1. The zero-order chi connectivity index (χ0) is 18.5. The highest BCUT2D eigenvalue weighted by atomic mass is 15.3. The van der Waals surface area contributed by atoms with Gasteiger partial charge in [-0.3, -0.25) is 4.99 Å². The Labute approximate surface area is 161 Å². The van der Waals surface area contributed by atoms with Gasteiger partial charge in [-0.25, -0.2) is 0 Å². The first-order valence-corrected chi connectivity index (χ1v) is 9.90. The van der Waals surface area contributed by atoms with E-state index in [2.05, 4.69) is 81.0 Å². The van der Waals surface area contributed by atoms with Crippen LogP contribution in [0.5, 0.6) is 0 Å². The van der Waals surface area contributed by atoms with Crippen LogP contribution in [0.3, 0.4) is 0 Å². The molecule has 1 aliphatic heterocycles. The van der Waals surface area contributed by atoms with E-state index in [1.807, 2.05) is 7.05 Å². The Morgan fingerprint density at radius 1 is 1.15 bits per heavy atom. The third-order valence-corrected chi connectivity index (χ3v) is 5.55. The Morgan fingerprint density at radius 2 is 1.96 bits per heavy atom. The van der Waals surface area contributed by atoms with E-state index in [1.54, 1.807) is 0 Å². The number of fused-ring (bicyclic) bond motifs is 1. The van der Waals surface area contributed by atoms with E-state index >= 15 is 0 Å². The van der Waals surface area contributed by atoms with Crippen molar-refractivity contribution in [1.82, 2.24) is 15.2 Å². The van der Waals surface area contributed by atoms with Gasteiger partial charge in [-0.1, -0.05) is 48.5 Å². The normalized spacial score (nSPS) is 17.6. The highest BCUT2D eigenvalue weighted by Gasteiger charge is 2.25. The van der Waals surface area contributed by atoms with Crippen LogP contribution in [0.25, 0.3) is 10.9 Å². The van der Waals surface area contributed by atoms with Crippen LogP contribution >= 0.6 is 0 Å². The fourth-order valence-corrected chi connectivity index (χ4v) is 4.10. The molecule has 4 rings (SSSR count). The summed E-state index contributed by atoms with van der Waals surface area (Å²) in [7, 11) is 1.89. The highest BCUT2D eigenvalue weighted by Crippen LogP contribution is 2.26. The quantitative estimate of drug-likeness (QED) is 0.407. The Bertz CT molecular complexity index is 897. The Morgan fingerprint density at radius 3 is 2.81 bits per heavy atom. The molecule has 2 heterocycles. The van der Waals surface area contributed by atoms with Gasteiger partial charge in [0, 0.05) is 49.7 Å². The number of guanidine groups is 1. The predicted molar refractivity (Wildman–Crippen MR) is 113 cm³/mol. The fraction of sp³-hybridized carbons (Fsp3) is 0.348. The maximum absolute atomic E-state index is 4.51. The van der Waals surface area contributed by atoms with Crippen molar-refractivity contribution >= 4 is 16.9 Å². The van der Waals surface area contributed by atoms with Crippen LogP contribution in [0.4, 0.5) is 0 Å². The van der Waals surface area contributed by atoms with Gasteiger partial charge in [0.25, 0.3) is 0 Å². The molecule has 0 aliphatic carbocycles. The van der Waals surface area contributed by atoms with Gasteiger partial charge in [-0.05, 0) is 36.5 Å². The summed E-state index contributed by atoms with van der Waals surface area (Å²) < 4.78 is 0.